The van der Waals surface area contributed by atoms with E-state index in [9.17, 15) is 8.42 Å². The predicted molar refractivity (Wildman–Crippen MR) is 93.4 cm³/mol. The van der Waals surface area contributed by atoms with E-state index in [4.69, 9.17) is 17.1 Å². The molecule has 0 unspecified atom stereocenters. The molecule has 7 nitrogen and oxygen atoms in total. The number of nitrogens with zero attached hydrogens (tertiary/aromatic N) is 3. The first-order valence-corrected chi connectivity index (χ1v) is 8.75. The molecule has 1 aromatic heterocycles. The number of para-hydroxylation sites is 1. The molecule has 0 saturated heterocycles. The van der Waals surface area contributed by atoms with Crippen LogP contribution in [0.2, 0.25) is 5.02 Å². The maximum Gasteiger partial charge on any atom is 0.261 e. The van der Waals surface area contributed by atoms with Gasteiger partial charge in [-0.2, -0.15) is 0 Å². The lowest BCUT2D eigenvalue weighted by Crippen LogP contribution is -2.13. The first kappa shape index (κ1) is 16.2. The number of sulfonamides is 1. The maximum absolute atomic E-state index is 12.5. The first-order chi connectivity index (χ1) is 11.5. The molecule has 122 valence electrons. The molecule has 0 fully saturated rings. The zero-order valence-electron chi connectivity index (χ0n) is 12.3. The van der Waals surface area contributed by atoms with E-state index < -0.39 is 10.0 Å². The number of rotatable bonds is 5. The molecule has 0 spiro atoms. The average Bonchev–Trinajstić information content (AvgIpc) is 2.96. The minimum Gasteiger partial charge on any atom is -0.358 e. The number of halogens is 1. The van der Waals surface area contributed by atoms with Crippen molar-refractivity contribution < 1.29 is 8.42 Å². The minimum absolute atomic E-state index is 0.113. The summed E-state index contributed by atoms with van der Waals surface area (Å²) in [6.45, 7) is 0.171. The van der Waals surface area contributed by atoms with Gasteiger partial charge in [0.25, 0.3) is 10.0 Å². The zero-order chi connectivity index (χ0) is 17.2. The Morgan fingerprint density at radius 3 is 2.67 bits per heavy atom. The standard InChI is InChI=1S/C15H12ClN5O2S/c16-13-9-18-15-12(13)2-1-3-14(15)20-24(22,23)11-6-4-10(5-7-11)8-19-21-17/h1-7,9,18,20H,8H2. The van der Waals surface area contributed by atoms with E-state index in [1.54, 1.807) is 36.5 Å². The smallest absolute Gasteiger partial charge is 0.261 e. The molecule has 0 aliphatic heterocycles. The van der Waals surface area contributed by atoms with Crippen LogP contribution in [0.25, 0.3) is 21.3 Å². The summed E-state index contributed by atoms with van der Waals surface area (Å²) < 4.78 is 27.6. The van der Waals surface area contributed by atoms with Gasteiger partial charge in [-0.25, -0.2) is 8.42 Å². The molecule has 0 bridgehead atoms. The van der Waals surface area contributed by atoms with E-state index in [2.05, 4.69) is 19.7 Å². The Morgan fingerprint density at radius 1 is 1.21 bits per heavy atom. The second-order valence-electron chi connectivity index (χ2n) is 5.00. The maximum atomic E-state index is 12.5. The van der Waals surface area contributed by atoms with Gasteiger partial charge in [0.2, 0.25) is 0 Å². The molecular formula is C15H12ClN5O2S. The Hall–Kier alpha value is -2.67. The van der Waals surface area contributed by atoms with Gasteiger partial charge >= 0.3 is 0 Å². The lowest BCUT2D eigenvalue weighted by molar-refractivity contribution is 0.601. The van der Waals surface area contributed by atoms with Crippen LogP contribution in [-0.2, 0) is 16.6 Å². The summed E-state index contributed by atoms with van der Waals surface area (Å²) in [5.74, 6) is 0. The zero-order valence-corrected chi connectivity index (χ0v) is 13.8. The third-order valence-electron chi connectivity index (χ3n) is 3.46. The highest BCUT2D eigenvalue weighted by molar-refractivity contribution is 7.92. The van der Waals surface area contributed by atoms with Gasteiger partial charge in [-0.1, -0.05) is 41.0 Å². The largest absolute Gasteiger partial charge is 0.358 e. The fraction of sp³-hybridized carbons (Fsp3) is 0.0667. The van der Waals surface area contributed by atoms with Gasteiger partial charge in [-0.15, -0.1) is 0 Å². The Balaban J connectivity index is 1.91. The Morgan fingerprint density at radius 2 is 1.96 bits per heavy atom. The summed E-state index contributed by atoms with van der Waals surface area (Å²) in [5.41, 5.74) is 10.1. The van der Waals surface area contributed by atoms with Crippen LogP contribution in [0.1, 0.15) is 5.56 Å². The monoisotopic (exact) mass is 361 g/mol. The molecular weight excluding hydrogens is 350 g/mol. The second kappa shape index (κ2) is 6.45. The summed E-state index contributed by atoms with van der Waals surface area (Å²) >= 11 is 6.05. The number of hydrogen-bond acceptors (Lipinski definition) is 3. The number of azide groups is 1. The van der Waals surface area contributed by atoms with Crippen molar-refractivity contribution in [1.82, 2.24) is 4.98 Å². The number of H-pyrrole nitrogens is 1. The summed E-state index contributed by atoms with van der Waals surface area (Å²) in [5, 5.41) is 4.70. The number of hydrogen-bond donors (Lipinski definition) is 2. The van der Waals surface area contributed by atoms with Gasteiger partial charge < -0.3 is 4.98 Å². The normalized spacial score (nSPS) is 11.2. The predicted octanol–water partition coefficient (Wildman–Crippen LogP) is 4.43. The molecule has 0 radical (unpaired) electrons. The van der Waals surface area contributed by atoms with E-state index in [1.165, 1.54) is 12.1 Å². The van der Waals surface area contributed by atoms with Crippen LogP contribution in [0.5, 0.6) is 0 Å². The van der Waals surface area contributed by atoms with Crippen molar-refractivity contribution in [3.05, 3.63) is 69.7 Å². The fourth-order valence-corrected chi connectivity index (χ4v) is 3.58. The number of benzene rings is 2. The van der Waals surface area contributed by atoms with Crippen molar-refractivity contribution in [2.45, 2.75) is 11.4 Å². The van der Waals surface area contributed by atoms with Gasteiger partial charge in [-0.3, -0.25) is 4.72 Å². The molecule has 0 atom stereocenters. The van der Waals surface area contributed by atoms with E-state index >= 15 is 0 Å². The number of nitrogens with one attached hydrogen (secondary N) is 2. The minimum atomic E-state index is -3.75. The van der Waals surface area contributed by atoms with Crippen molar-refractivity contribution in [1.29, 1.82) is 0 Å². The molecule has 2 aromatic carbocycles. The third-order valence-corrected chi connectivity index (χ3v) is 5.15. The highest BCUT2D eigenvalue weighted by Gasteiger charge is 2.16. The van der Waals surface area contributed by atoms with Crippen molar-refractivity contribution in [3.8, 4) is 0 Å². The molecule has 3 rings (SSSR count). The lowest BCUT2D eigenvalue weighted by atomic mass is 10.2. The molecule has 9 heteroatoms. The number of anilines is 1. The molecule has 0 aliphatic carbocycles. The Bertz CT molecular complexity index is 1040. The van der Waals surface area contributed by atoms with Crippen LogP contribution in [-0.4, -0.2) is 13.4 Å². The summed E-state index contributed by atoms with van der Waals surface area (Å²) in [7, 11) is -3.75. The van der Waals surface area contributed by atoms with Gasteiger partial charge in [0, 0.05) is 16.5 Å². The number of aromatic nitrogens is 1. The van der Waals surface area contributed by atoms with Crippen LogP contribution in [0, 0.1) is 0 Å². The number of aromatic amines is 1. The van der Waals surface area contributed by atoms with Crippen LogP contribution in [0.4, 0.5) is 5.69 Å². The van der Waals surface area contributed by atoms with Gasteiger partial charge in [-0.05, 0) is 29.3 Å². The summed E-state index contributed by atoms with van der Waals surface area (Å²) in [6.07, 6.45) is 1.61. The Labute approximate surface area is 142 Å². The van der Waals surface area contributed by atoms with Crippen molar-refractivity contribution in [2.75, 3.05) is 4.72 Å². The molecule has 1 heterocycles. The summed E-state index contributed by atoms with van der Waals surface area (Å²) in [4.78, 5) is 5.74. The third kappa shape index (κ3) is 3.16. The van der Waals surface area contributed by atoms with Crippen molar-refractivity contribution in [3.63, 3.8) is 0 Å². The van der Waals surface area contributed by atoms with E-state index in [-0.39, 0.29) is 11.4 Å². The van der Waals surface area contributed by atoms with Crippen molar-refractivity contribution >= 4 is 38.2 Å². The topological polar surface area (TPSA) is 111 Å². The SMILES string of the molecule is [N-]=[N+]=NCc1ccc(S(=O)(=O)Nc2cccc3c(Cl)c[nH]c23)cc1. The van der Waals surface area contributed by atoms with Crippen LogP contribution >= 0.6 is 11.6 Å². The molecule has 3 aromatic rings. The molecule has 0 amide bonds. The molecule has 2 N–H and O–H groups in total. The van der Waals surface area contributed by atoms with E-state index in [1.807, 2.05) is 0 Å². The average molecular weight is 362 g/mol. The molecule has 0 saturated carbocycles. The van der Waals surface area contributed by atoms with Crippen LogP contribution < -0.4 is 4.72 Å². The van der Waals surface area contributed by atoms with Crippen LogP contribution in [0.3, 0.4) is 0 Å². The van der Waals surface area contributed by atoms with Gasteiger partial charge in [0.05, 0.1) is 27.7 Å². The van der Waals surface area contributed by atoms with E-state index in [0.29, 0.717) is 16.2 Å². The highest BCUT2D eigenvalue weighted by Crippen LogP contribution is 2.29. The van der Waals surface area contributed by atoms with Gasteiger partial charge in [0.15, 0.2) is 0 Å². The second-order valence-corrected chi connectivity index (χ2v) is 7.09. The van der Waals surface area contributed by atoms with Crippen LogP contribution in [0.15, 0.2) is 58.7 Å². The summed E-state index contributed by atoms with van der Waals surface area (Å²) in [6, 6.07) is 11.3. The first-order valence-electron chi connectivity index (χ1n) is 6.89. The van der Waals surface area contributed by atoms with E-state index in [0.717, 1.165) is 10.9 Å². The molecule has 0 aliphatic rings. The molecule has 24 heavy (non-hydrogen) atoms. The lowest BCUT2D eigenvalue weighted by Gasteiger charge is -2.09. The van der Waals surface area contributed by atoms with Gasteiger partial charge in [0.1, 0.15) is 0 Å². The quantitative estimate of drug-likeness (QED) is 0.398. The fourth-order valence-electron chi connectivity index (χ4n) is 2.30. The number of fused-ring (bicyclic) bond motifs is 1. The Kier molecular flexibility index (Phi) is 4.35. The highest BCUT2D eigenvalue weighted by atomic mass is 35.5. The van der Waals surface area contributed by atoms with Crippen molar-refractivity contribution in [2.24, 2.45) is 5.11 Å².